The molecule has 1 saturated heterocycles. The van der Waals surface area contributed by atoms with Gasteiger partial charge < -0.3 is 19.1 Å². The second-order valence-corrected chi connectivity index (χ2v) is 11.1. The number of imidazole rings is 1. The fourth-order valence-corrected chi connectivity index (χ4v) is 5.81. The molecule has 7 nitrogen and oxygen atoms in total. The average molecular weight is 564 g/mol. The van der Waals surface area contributed by atoms with Crippen LogP contribution in [-0.4, -0.2) is 44.8 Å². The lowest BCUT2D eigenvalue weighted by atomic mass is 9.93. The van der Waals surface area contributed by atoms with Crippen LogP contribution in [0.3, 0.4) is 0 Å². The second-order valence-electron chi connectivity index (χ2n) is 10.7. The van der Waals surface area contributed by atoms with Gasteiger partial charge in [-0.25, -0.2) is 14.2 Å². The van der Waals surface area contributed by atoms with Crippen molar-refractivity contribution in [2.24, 2.45) is 0 Å². The van der Waals surface area contributed by atoms with Crippen LogP contribution in [0.4, 0.5) is 4.39 Å². The van der Waals surface area contributed by atoms with Crippen molar-refractivity contribution in [1.82, 2.24) is 14.5 Å². The molecule has 6 rings (SSSR count). The molecule has 9 heteroatoms. The quantitative estimate of drug-likeness (QED) is 0.270. The van der Waals surface area contributed by atoms with E-state index in [9.17, 15) is 9.90 Å². The maximum absolute atomic E-state index is 15.4. The molecule has 0 unspecified atom stereocenters. The lowest BCUT2D eigenvalue weighted by Gasteiger charge is -2.36. The van der Waals surface area contributed by atoms with E-state index in [0.717, 1.165) is 30.5 Å². The standard InChI is InChI=1S/C31H31ClFN3O4/c1-18-3-5-20(6-4-18)17-40-27-14-24-19(2)35(11-9-21(24)13-25(27)32)16-28-34-26-8-7-23(31(37)38)29(33)30(26)36(28)15-22-10-12-39-22/h3-8,13-14,19,22H,9-12,15-17H2,1-2H3,(H,37,38)/t19-,22-/m0/s1. The summed E-state index contributed by atoms with van der Waals surface area (Å²) in [5, 5.41) is 10.1. The number of hydrogen-bond acceptors (Lipinski definition) is 5. The van der Waals surface area contributed by atoms with Gasteiger partial charge in [0, 0.05) is 19.2 Å². The van der Waals surface area contributed by atoms with Crippen LogP contribution in [0.25, 0.3) is 11.0 Å². The summed E-state index contributed by atoms with van der Waals surface area (Å²) in [5.41, 5.74) is 4.90. The molecule has 0 saturated carbocycles. The Bertz CT molecular complexity index is 1580. The summed E-state index contributed by atoms with van der Waals surface area (Å²) in [6.07, 6.45) is 1.64. The molecule has 2 atom stereocenters. The number of ether oxygens (including phenoxy) is 2. The minimum atomic E-state index is -1.30. The van der Waals surface area contributed by atoms with Crippen LogP contribution >= 0.6 is 11.6 Å². The Morgan fingerprint density at radius 3 is 2.70 bits per heavy atom. The average Bonchev–Trinajstić information content (AvgIpc) is 3.25. The largest absolute Gasteiger partial charge is 0.487 e. The summed E-state index contributed by atoms with van der Waals surface area (Å²) in [6.45, 7) is 6.97. The molecular weight excluding hydrogens is 533 g/mol. The Kier molecular flexibility index (Phi) is 7.25. The number of rotatable bonds is 8. The molecule has 1 N–H and O–H groups in total. The predicted molar refractivity (Wildman–Crippen MR) is 150 cm³/mol. The zero-order chi connectivity index (χ0) is 28.0. The first-order valence-corrected chi connectivity index (χ1v) is 13.9. The minimum absolute atomic E-state index is 0.0374. The third-order valence-electron chi connectivity index (χ3n) is 8.06. The third kappa shape index (κ3) is 5.07. The lowest BCUT2D eigenvalue weighted by molar-refractivity contribution is -0.0593. The highest BCUT2D eigenvalue weighted by molar-refractivity contribution is 6.32. The van der Waals surface area contributed by atoms with Crippen molar-refractivity contribution in [3.63, 3.8) is 0 Å². The van der Waals surface area contributed by atoms with Gasteiger partial charge in [0.2, 0.25) is 0 Å². The van der Waals surface area contributed by atoms with Gasteiger partial charge in [-0.1, -0.05) is 41.4 Å². The van der Waals surface area contributed by atoms with E-state index in [0.29, 0.717) is 48.4 Å². The molecule has 3 heterocycles. The van der Waals surface area contributed by atoms with Gasteiger partial charge in [0.1, 0.15) is 23.7 Å². The summed E-state index contributed by atoms with van der Waals surface area (Å²) in [7, 11) is 0. The van der Waals surface area contributed by atoms with Gasteiger partial charge >= 0.3 is 5.97 Å². The first-order valence-electron chi connectivity index (χ1n) is 13.6. The normalized spacial score (nSPS) is 18.9. The van der Waals surface area contributed by atoms with Crippen LogP contribution in [0.1, 0.15) is 57.8 Å². The Labute approximate surface area is 237 Å². The summed E-state index contributed by atoms with van der Waals surface area (Å²) in [6, 6.07) is 15.2. The van der Waals surface area contributed by atoms with Crippen molar-refractivity contribution in [2.75, 3.05) is 13.2 Å². The first-order chi connectivity index (χ1) is 19.3. The highest BCUT2D eigenvalue weighted by Gasteiger charge is 2.30. The number of carboxylic acids is 1. The highest BCUT2D eigenvalue weighted by atomic mass is 35.5. The van der Waals surface area contributed by atoms with Crippen LogP contribution in [0.2, 0.25) is 5.02 Å². The molecule has 1 aromatic heterocycles. The molecule has 40 heavy (non-hydrogen) atoms. The second kappa shape index (κ2) is 10.8. The molecule has 0 radical (unpaired) electrons. The van der Waals surface area contributed by atoms with E-state index in [1.54, 1.807) is 10.6 Å². The number of hydrogen-bond donors (Lipinski definition) is 1. The van der Waals surface area contributed by atoms with Crippen molar-refractivity contribution in [3.8, 4) is 5.75 Å². The Hall–Kier alpha value is -3.46. The number of carbonyl (C=O) groups is 1. The molecule has 1 fully saturated rings. The molecule has 4 aromatic rings. The van der Waals surface area contributed by atoms with E-state index < -0.39 is 11.8 Å². The maximum atomic E-state index is 15.4. The Balaban J connectivity index is 1.28. The molecule has 208 valence electrons. The summed E-state index contributed by atoms with van der Waals surface area (Å²) in [4.78, 5) is 18.7. The van der Waals surface area contributed by atoms with Gasteiger partial charge in [0.25, 0.3) is 0 Å². The van der Waals surface area contributed by atoms with Crippen LogP contribution in [-0.2, 0) is 30.9 Å². The summed E-state index contributed by atoms with van der Waals surface area (Å²) in [5.74, 6) is -0.724. The Morgan fingerprint density at radius 1 is 1.23 bits per heavy atom. The first kappa shape index (κ1) is 26.7. The van der Waals surface area contributed by atoms with Crippen molar-refractivity contribution in [3.05, 3.63) is 93.0 Å². The molecule has 0 amide bonds. The van der Waals surface area contributed by atoms with Crippen molar-refractivity contribution in [1.29, 1.82) is 0 Å². The summed E-state index contributed by atoms with van der Waals surface area (Å²) < 4.78 is 29.0. The van der Waals surface area contributed by atoms with Crippen molar-refractivity contribution < 1.29 is 23.8 Å². The van der Waals surface area contributed by atoms with Crippen LogP contribution in [0.15, 0.2) is 48.5 Å². The number of nitrogens with zero attached hydrogens (tertiary/aromatic N) is 3. The van der Waals surface area contributed by atoms with E-state index in [-0.39, 0.29) is 23.2 Å². The van der Waals surface area contributed by atoms with Gasteiger partial charge in [0.15, 0.2) is 5.82 Å². The molecule has 0 spiro atoms. The van der Waals surface area contributed by atoms with Gasteiger partial charge in [-0.15, -0.1) is 0 Å². The maximum Gasteiger partial charge on any atom is 0.338 e. The fourth-order valence-electron chi connectivity index (χ4n) is 5.57. The monoisotopic (exact) mass is 563 g/mol. The van der Waals surface area contributed by atoms with Crippen LogP contribution in [0, 0.1) is 12.7 Å². The summed E-state index contributed by atoms with van der Waals surface area (Å²) >= 11 is 6.61. The topological polar surface area (TPSA) is 76.8 Å². The zero-order valence-electron chi connectivity index (χ0n) is 22.5. The predicted octanol–water partition coefficient (Wildman–Crippen LogP) is 6.32. The number of aromatic carboxylic acids is 1. The van der Waals surface area contributed by atoms with Gasteiger partial charge in [-0.2, -0.15) is 0 Å². The van der Waals surface area contributed by atoms with Crippen molar-refractivity contribution in [2.45, 2.75) is 58.5 Å². The van der Waals surface area contributed by atoms with Gasteiger partial charge in [-0.3, -0.25) is 4.90 Å². The van der Waals surface area contributed by atoms with Gasteiger partial charge in [-0.05, 0) is 67.6 Å². The number of fused-ring (bicyclic) bond motifs is 2. The zero-order valence-corrected chi connectivity index (χ0v) is 23.2. The molecule has 0 aliphatic carbocycles. The van der Waals surface area contributed by atoms with E-state index >= 15 is 4.39 Å². The Morgan fingerprint density at radius 2 is 2.00 bits per heavy atom. The number of aromatic nitrogens is 2. The number of benzene rings is 3. The molecule has 3 aromatic carbocycles. The van der Waals surface area contributed by atoms with E-state index in [2.05, 4.69) is 43.0 Å². The lowest BCUT2D eigenvalue weighted by Crippen LogP contribution is -2.36. The SMILES string of the molecule is Cc1ccc(COc2cc3c(cc2Cl)CCN(Cc2nc4ccc(C(=O)O)c(F)c4n2C[C@@H]2CCO2)[C@H]3C)cc1. The molecule has 2 aliphatic rings. The van der Waals surface area contributed by atoms with E-state index in [1.807, 2.05) is 12.1 Å². The number of halogens is 2. The van der Waals surface area contributed by atoms with Crippen molar-refractivity contribution >= 4 is 28.6 Å². The number of carboxylic acid groups (broad SMARTS) is 1. The van der Waals surface area contributed by atoms with E-state index in [4.69, 9.17) is 26.1 Å². The minimum Gasteiger partial charge on any atom is -0.487 e. The van der Waals surface area contributed by atoms with E-state index in [1.165, 1.54) is 17.2 Å². The van der Waals surface area contributed by atoms with Crippen LogP contribution in [0.5, 0.6) is 5.75 Å². The smallest absolute Gasteiger partial charge is 0.338 e. The molecule has 0 bridgehead atoms. The van der Waals surface area contributed by atoms with Gasteiger partial charge in [0.05, 0.1) is 35.3 Å². The fraction of sp³-hybridized carbons (Fsp3) is 0.355. The number of aryl methyl sites for hydroxylation is 1. The highest BCUT2D eigenvalue weighted by Crippen LogP contribution is 2.38. The third-order valence-corrected chi connectivity index (χ3v) is 8.35. The molecule has 2 aliphatic heterocycles. The van der Waals surface area contributed by atoms with Crippen LogP contribution < -0.4 is 4.74 Å². The molecular formula is C31H31ClFN3O4.